The SMILES string of the molecule is C[C@@]12CCCC[C@]1(C)NC(C(=O)O)C2. The minimum atomic E-state index is -0.693. The van der Waals surface area contributed by atoms with Gasteiger partial charge in [-0.15, -0.1) is 0 Å². The van der Waals surface area contributed by atoms with Gasteiger partial charge in [0, 0.05) is 5.54 Å². The second-order valence-corrected chi connectivity index (χ2v) is 5.34. The van der Waals surface area contributed by atoms with E-state index in [1.807, 2.05) is 0 Å². The molecule has 1 unspecified atom stereocenters. The van der Waals surface area contributed by atoms with Crippen LogP contribution in [-0.4, -0.2) is 22.7 Å². The molecule has 2 fully saturated rings. The molecule has 0 bridgehead atoms. The third-order valence-corrected chi connectivity index (χ3v) is 4.43. The van der Waals surface area contributed by atoms with Crippen molar-refractivity contribution in [1.82, 2.24) is 5.32 Å². The molecule has 1 heterocycles. The molecule has 1 aliphatic heterocycles. The van der Waals surface area contributed by atoms with Gasteiger partial charge in [0.05, 0.1) is 0 Å². The molecule has 0 amide bonds. The van der Waals surface area contributed by atoms with Crippen LogP contribution in [0.5, 0.6) is 0 Å². The van der Waals surface area contributed by atoms with Gasteiger partial charge in [-0.2, -0.15) is 0 Å². The van der Waals surface area contributed by atoms with Crippen LogP contribution in [-0.2, 0) is 4.79 Å². The van der Waals surface area contributed by atoms with Gasteiger partial charge in [0.25, 0.3) is 0 Å². The lowest BCUT2D eigenvalue weighted by molar-refractivity contribution is -0.139. The molecule has 1 aliphatic carbocycles. The van der Waals surface area contributed by atoms with Crippen LogP contribution in [0.25, 0.3) is 0 Å². The van der Waals surface area contributed by atoms with E-state index >= 15 is 0 Å². The molecule has 0 aromatic carbocycles. The van der Waals surface area contributed by atoms with E-state index in [2.05, 4.69) is 19.2 Å². The highest BCUT2D eigenvalue weighted by Gasteiger charge is 2.54. The minimum absolute atomic E-state index is 0.0499. The Balaban J connectivity index is 2.23. The summed E-state index contributed by atoms with van der Waals surface area (Å²) in [6, 6.07) is -0.330. The maximum Gasteiger partial charge on any atom is 0.320 e. The van der Waals surface area contributed by atoms with E-state index < -0.39 is 5.97 Å². The van der Waals surface area contributed by atoms with E-state index in [4.69, 9.17) is 5.11 Å². The standard InChI is InChI=1S/C11H19NO2/c1-10-5-3-4-6-11(10,2)12-8(7-10)9(13)14/h8,12H,3-7H2,1-2H3,(H,13,14)/t8?,10-,11-/m0/s1. The summed E-state index contributed by atoms with van der Waals surface area (Å²) in [5, 5.41) is 12.3. The van der Waals surface area contributed by atoms with Crippen LogP contribution in [0.1, 0.15) is 46.0 Å². The molecule has 3 nitrogen and oxygen atoms in total. The van der Waals surface area contributed by atoms with E-state index in [0.29, 0.717) is 0 Å². The smallest absolute Gasteiger partial charge is 0.320 e. The van der Waals surface area contributed by atoms with E-state index in [0.717, 1.165) is 12.8 Å². The average Bonchev–Trinajstić information content (AvgIpc) is 2.37. The fourth-order valence-corrected chi connectivity index (χ4v) is 3.18. The fourth-order valence-electron chi connectivity index (χ4n) is 3.18. The molecule has 80 valence electrons. The zero-order valence-corrected chi connectivity index (χ0v) is 8.97. The molecule has 1 saturated carbocycles. The van der Waals surface area contributed by atoms with Crippen LogP contribution in [0, 0.1) is 5.41 Å². The van der Waals surface area contributed by atoms with Crippen molar-refractivity contribution in [3.63, 3.8) is 0 Å². The van der Waals surface area contributed by atoms with Crippen molar-refractivity contribution < 1.29 is 9.90 Å². The number of carboxylic acids is 1. The molecule has 14 heavy (non-hydrogen) atoms. The van der Waals surface area contributed by atoms with Crippen molar-refractivity contribution in [2.24, 2.45) is 5.41 Å². The lowest BCUT2D eigenvalue weighted by Crippen LogP contribution is -2.51. The number of hydrogen-bond donors (Lipinski definition) is 2. The summed E-state index contributed by atoms with van der Waals surface area (Å²) in [6.45, 7) is 4.43. The summed E-state index contributed by atoms with van der Waals surface area (Å²) in [4.78, 5) is 11.0. The molecule has 0 aromatic heterocycles. The first kappa shape index (κ1) is 9.97. The van der Waals surface area contributed by atoms with Gasteiger partial charge in [0.1, 0.15) is 6.04 Å². The summed E-state index contributed by atoms with van der Waals surface area (Å²) in [7, 11) is 0. The third-order valence-electron chi connectivity index (χ3n) is 4.43. The molecule has 3 heteroatoms. The first-order valence-corrected chi connectivity index (χ1v) is 5.47. The molecule has 2 rings (SSSR count). The van der Waals surface area contributed by atoms with Gasteiger partial charge >= 0.3 is 5.97 Å². The zero-order chi connectivity index (χ0) is 10.4. The van der Waals surface area contributed by atoms with Crippen molar-refractivity contribution in [1.29, 1.82) is 0 Å². The van der Waals surface area contributed by atoms with Crippen LogP contribution in [0.2, 0.25) is 0 Å². The monoisotopic (exact) mass is 197 g/mol. The Morgan fingerprint density at radius 1 is 1.36 bits per heavy atom. The number of carbonyl (C=O) groups is 1. The number of hydrogen-bond acceptors (Lipinski definition) is 2. The molecule has 2 N–H and O–H groups in total. The van der Waals surface area contributed by atoms with Crippen LogP contribution in [0.4, 0.5) is 0 Å². The average molecular weight is 197 g/mol. The Kier molecular flexibility index (Phi) is 2.11. The summed E-state index contributed by atoms with van der Waals surface area (Å²) in [5.74, 6) is -0.693. The van der Waals surface area contributed by atoms with Crippen LogP contribution in [0.15, 0.2) is 0 Å². The van der Waals surface area contributed by atoms with Crippen LogP contribution < -0.4 is 5.32 Å². The third kappa shape index (κ3) is 1.26. The summed E-state index contributed by atoms with van der Waals surface area (Å²) in [5.41, 5.74) is 0.239. The van der Waals surface area contributed by atoms with Gasteiger partial charge in [-0.1, -0.05) is 19.8 Å². The highest BCUT2D eigenvalue weighted by Crippen LogP contribution is 2.51. The van der Waals surface area contributed by atoms with Gasteiger partial charge in [0.2, 0.25) is 0 Å². The number of aliphatic carboxylic acids is 1. The lowest BCUT2D eigenvalue weighted by Gasteiger charge is -2.44. The van der Waals surface area contributed by atoms with Gasteiger partial charge in [-0.05, 0) is 31.6 Å². The lowest BCUT2D eigenvalue weighted by atomic mass is 9.64. The Labute approximate surface area is 84.9 Å². The number of carboxylic acid groups (broad SMARTS) is 1. The second kappa shape index (κ2) is 2.96. The van der Waals surface area contributed by atoms with E-state index in [1.54, 1.807) is 0 Å². The summed E-state index contributed by atoms with van der Waals surface area (Å²) < 4.78 is 0. The fraction of sp³-hybridized carbons (Fsp3) is 0.909. The Bertz CT molecular complexity index is 246. The highest BCUT2D eigenvalue weighted by atomic mass is 16.4. The van der Waals surface area contributed by atoms with Gasteiger partial charge in [-0.25, -0.2) is 0 Å². The summed E-state index contributed by atoms with van der Waals surface area (Å²) >= 11 is 0. The largest absolute Gasteiger partial charge is 0.480 e. The molecule has 1 saturated heterocycles. The highest BCUT2D eigenvalue weighted by molar-refractivity contribution is 5.74. The zero-order valence-electron chi connectivity index (χ0n) is 8.97. The first-order chi connectivity index (χ1) is 6.47. The van der Waals surface area contributed by atoms with Crippen molar-refractivity contribution in [3.05, 3.63) is 0 Å². The first-order valence-electron chi connectivity index (χ1n) is 5.47. The van der Waals surface area contributed by atoms with Crippen LogP contribution in [0.3, 0.4) is 0 Å². The number of fused-ring (bicyclic) bond motifs is 1. The molecule has 0 spiro atoms. The van der Waals surface area contributed by atoms with Crippen molar-refractivity contribution in [3.8, 4) is 0 Å². The number of rotatable bonds is 1. The normalized spacial score (nSPS) is 47.4. The Morgan fingerprint density at radius 2 is 2.00 bits per heavy atom. The Morgan fingerprint density at radius 3 is 2.57 bits per heavy atom. The molecule has 3 atom stereocenters. The minimum Gasteiger partial charge on any atom is -0.480 e. The molecular weight excluding hydrogens is 178 g/mol. The maximum absolute atomic E-state index is 11.0. The maximum atomic E-state index is 11.0. The molecular formula is C11H19NO2. The van der Waals surface area contributed by atoms with E-state index in [-0.39, 0.29) is 17.0 Å². The van der Waals surface area contributed by atoms with Gasteiger partial charge < -0.3 is 5.11 Å². The quantitative estimate of drug-likeness (QED) is 0.673. The summed E-state index contributed by atoms with van der Waals surface area (Å²) in [6.07, 6.45) is 5.55. The van der Waals surface area contributed by atoms with Crippen molar-refractivity contribution in [2.75, 3.05) is 0 Å². The Hall–Kier alpha value is -0.570. The van der Waals surface area contributed by atoms with E-state index in [1.165, 1.54) is 19.3 Å². The topological polar surface area (TPSA) is 49.3 Å². The van der Waals surface area contributed by atoms with Crippen molar-refractivity contribution >= 4 is 5.97 Å². The van der Waals surface area contributed by atoms with Crippen LogP contribution >= 0.6 is 0 Å². The molecule has 0 aromatic rings. The van der Waals surface area contributed by atoms with Gasteiger partial charge in [0.15, 0.2) is 0 Å². The predicted octanol–water partition coefficient (Wildman–Crippen LogP) is 1.77. The van der Waals surface area contributed by atoms with Gasteiger partial charge in [-0.3, -0.25) is 10.1 Å². The second-order valence-electron chi connectivity index (χ2n) is 5.34. The molecule has 2 aliphatic rings. The van der Waals surface area contributed by atoms with Crippen molar-refractivity contribution in [2.45, 2.75) is 57.5 Å². The molecule has 0 radical (unpaired) electrons. The predicted molar refractivity (Wildman–Crippen MR) is 54.2 cm³/mol. The number of nitrogens with one attached hydrogen (secondary N) is 1. The van der Waals surface area contributed by atoms with E-state index in [9.17, 15) is 4.79 Å².